The Balaban J connectivity index is 2.17. The van der Waals surface area contributed by atoms with Crippen molar-refractivity contribution in [2.75, 3.05) is 0 Å². The Morgan fingerprint density at radius 1 is 0.857 bits per heavy atom. The highest BCUT2D eigenvalue weighted by molar-refractivity contribution is 6.05. The predicted molar refractivity (Wildman–Crippen MR) is 113 cm³/mol. The molecular formula is C24H28N2O2. The maximum absolute atomic E-state index is 13.1. The number of carbonyl (C=O) groups excluding carboxylic acids is 2. The van der Waals surface area contributed by atoms with E-state index in [4.69, 9.17) is 0 Å². The Labute approximate surface area is 167 Å². The highest BCUT2D eigenvalue weighted by atomic mass is 16.2. The smallest absolute Gasteiger partial charge is 0.236 e. The van der Waals surface area contributed by atoms with Gasteiger partial charge in [0.25, 0.3) is 0 Å². The summed E-state index contributed by atoms with van der Waals surface area (Å²) in [6, 6.07) is 19.3. The Kier molecular flexibility index (Phi) is 8.22. The van der Waals surface area contributed by atoms with Gasteiger partial charge in [0.1, 0.15) is 5.41 Å². The SMILES string of the molecule is C=CCC(C/C=C/C)(C(=O)NCc1ccccc1)C(=O)NCc1ccccc1. The Bertz CT molecular complexity index is 742. The standard InChI is InChI=1S/C24H28N2O2/c1-3-5-17-24(16-4-2,22(27)25-18-20-12-8-6-9-13-20)23(28)26-19-21-14-10-7-11-15-21/h3-15H,2,16-19H2,1H3,(H,25,27)(H,26,28)/b5-3+. The van der Waals surface area contributed by atoms with E-state index < -0.39 is 5.41 Å². The topological polar surface area (TPSA) is 58.2 Å². The van der Waals surface area contributed by atoms with Crippen LogP contribution in [0.1, 0.15) is 30.9 Å². The average Bonchev–Trinajstić information content (AvgIpc) is 2.74. The molecule has 0 aromatic heterocycles. The summed E-state index contributed by atoms with van der Waals surface area (Å²) in [6.07, 6.45) is 5.92. The van der Waals surface area contributed by atoms with Crippen molar-refractivity contribution in [3.8, 4) is 0 Å². The van der Waals surface area contributed by atoms with Crippen LogP contribution in [0.5, 0.6) is 0 Å². The summed E-state index contributed by atoms with van der Waals surface area (Å²) in [7, 11) is 0. The third kappa shape index (κ3) is 5.68. The lowest BCUT2D eigenvalue weighted by Crippen LogP contribution is -2.50. The quantitative estimate of drug-likeness (QED) is 0.483. The minimum absolute atomic E-state index is 0.262. The molecule has 0 spiro atoms. The van der Waals surface area contributed by atoms with E-state index in [1.807, 2.05) is 79.7 Å². The zero-order valence-electron chi connectivity index (χ0n) is 16.4. The van der Waals surface area contributed by atoms with Crippen LogP contribution < -0.4 is 10.6 Å². The van der Waals surface area contributed by atoms with Crippen molar-refractivity contribution in [1.82, 2.24) is 10.6 Å². The molecule has 0 saturated heterocycles. The van der Waals surface area contributed by atoms with Crippen LogP contribution in [0, 0.1) is 5.41 Å². The molecule has 4 heteroatoms. The van der Waals surface area contributed by atoms with E-state index in [1.54, 1.807) is 6.08 Å². The third-order valence-electron chi connectivity index (χ3n) is 4.66. The molecule has 0 aliphatic heterocycles. The zero-order valence-corrected chi connectivity index (χ0v) is 16.4. The Morgan fingerprint density at radius 3 is 1.71 bits per heavy atom. The molecule has 2 amide bonds. The molecule has 2 N–H and O–H groups in total. The van der Waals surface area contributed by atoms with E-state index in [2.05, 4.69) is 17.2 Å². The van der Waals surface area contributed by atoms with E-state index in [9.17, 15) is 9.59 Å². The van der Waals surface area contributed by atoms with Gasteiger partial charge in [0.05, 0.1) is 0 Å². The second kappa shape index (κ2) is 10.9. The third-order valence-corrected chi connectivity index (χ3v) is 4.66. The number of allylic oxidation sites excluding steroid dienone is 3. The monoisotopic (exact) mass is 376 g/mol. The summed E-state index contributed by atoms with van der Waals surface area (Å²) < 4.78 is 0. The van der Waals surface area contributed by atoms with E-state index in [-0.39, 0.29) is 18.2 Å². The highest BCUT2D eigenvalue weighted by Crippen LogP contribution is 2.29. The van der Waals surface area contributed by atoms with E-state index in [1.165, 1.54) is 0 Å². The molecule has 0 saturated carbocycles. The van der Waals surface area contributed by atoms with Gasteiger partial charge in [-0.3, -0.25) is 9.59 Å². The van der Waals surface area contributed by atoms with Gasteiger partial charge in [0.2, 0.25) is 11.8 Å². The molecule has 4 nitrogen and oxygen atoms in total. The minimum Gasteiger partial charge on any atom is -0.351 e. The van der Waals surface area contributed by atoms with Gasteiger partial charge in [-0.05, 0) is 30.9 Å². The lowest BCUT2D eigenvalue weighted by molar-refractivity contribution is -0.143. The number of benzene rings is 2. The first kappa shape index (κ1) is 21.2. The first-order valence-corrected chi connectivity index (χ1v) is 9.49. The van der Waals surface area contributed by atoms with Crippen molar-refractivity contribution in [3.05, 3.63) is 96.6 Å². The van der Waals surface area contributed by atoms with Crippen LogP contribution in [0.4, 0.5) is 0 Å². The van der Waals surface area contributed by atoms with Crippen molar-refractivity contribution in [2.24, 2.45) is 5.41 Å². The molecular weight excluding hydrogens is 348 g/mol. The highest BCUT2D eigenvalue weighted by Gasteiger charge is 2.43. The van der Waals surface area contributed by atoms with Crippen LogP contribution in [-0.2, 0) is 22.7 Å². The molecule has 0 heterocycles. The van der Waals surface area contributed by atoms with Crippen LogP contribution in [0.15, 0.2) is 85.5 Å². The van der Waals surface area contributed by atoms with Gasteiger partial charge in [-0.2, -0.15) is 0 Å². The summed E-state index contributed by atoms with van der Waals surface area (Å²) in [5.41, 5.74) is 0.746. The lowest BCUT2D eigenvalue weighted by Gasteiger charge is -2.29. The predicted octanol–water partition coefficient (Wildman–Crippen LogP) is 4.15. The van der Waals surface area contributed by atoms with Crippen molar-refractivity contribution >= 4 is 11.8 Å². The number of amides is 2. The van der Waals surface area contributed by atoms with Crippen molar-refractivity contribution in [3.63, 3.8) is 0 Å². The molecule has 0 atom stereocenters. The first-order chi connectivity index (χ1) is 13.6. The fraction of sp³-hybridized carbons (Fsp3) is 0.250. The van der Waals surface area contributed by atoms with Gasteiger partial charge in [-0.25, -0.2) is 0 Å². The number of carbonyl (C=O) groups is 2. The van der Waals surface area contributed by atoms with Gasteiger partial charge in [-0.15, -0.1) is 6.58 Å². The fourth-order valence-electron chi connectivity index (χ4n) is 3.02. The molecule has 2 rings (SSSR count). The van der Waals surface area contributed by atoms with E-state index in [0.29, 0.717) is 19.5 Å². The maximum atomic E-state index is 13.1. The maximum Gasteiger partial charge on any atom is 0.236 e. The molecule has 0 aliphatic carbocycles. The number of hydrogen-bond acceptors (Lipinski definition) is 2. The van der Waals surface area contributed by atoms with Crippen molar-refractivity contribution in [1.29, 1.82) is 0 Å². The van der Waals surface area contributed by atoms with Crippen molar-refractivity contribution in [2.45, 2.75) is 32.9 Å². The fourth-order valence-corrected chi connectivity index (χ4v) is 3.02. The first-order valence-electron chi connectivity index (χ1n) is 9.49. The second-order valence-electron chi connectivity index (χ2n) is 6.68. The Hall–Kier alpha value is -3.14. The van der Waals surface area contributed by atoms with E-state index in [0.717, 1.165) is 11.1 Å². The van der Waals surface area contributed by atoms with Gasteiger partial charge in [0.15, 0.2) is 0 Å². The van der Waals surface area contributed by atoms with Crippen molar-refractivity contribution < 1.29 is 9.59 Å². The second-order valence-corrected chi connectivity index (χ2v) is 6.68. The summed E-state index contributed by atoms with van der Waals surface area (Å²) in [6.45, 7) is 6.40. The average molecular weight is 377 g/mol. The lowest BCUT2D eigenvalue weighted by atomic mass is 9.78. The van der Waals surface area contributed by atoms with Gasteiger partial charge < -0.3 is 10.6 Å². The molecule has 146 valence electrons. The summed E-state index contributed by atoms with van der Waals surface area (Å²) >= 11 is 0. The largest absolute Gasteiger partial charge is 0.351 e. The van der Waals surface area contributed by atoms with Gasteiger partial charge in [-0.1, -0.05) is 78.9 Å². The molecule has 0 fully saturated rings. The molecule has 0 unspecified atom stereocenters. The molecule has 0 bridgehead atoms. The van der Waals surface area contributed by atoms with Gasteiger partial charge in [0, 0.05) is 13.1 Å². The summed E-state index contributed by atoms with van der Waals surface area (Å²) in [4.78, 5) is 26.3. The zero-order chi connectivity index (χ0) is 20.2. The normalized spacial score (nSPS) is 11.2. The Morgan fingerprint density at radius 2 is 1.32 bits per heavy atom. The van der Waals surface area contributed by atoms with Crippen LogP contribution in [-0.4, -0.2) is 11.8 Å². The summed E-state index contributed by atoms with van der Waals surface area (Å²) in [5.74, 6) is -0.583. The van der Waals surface area contributed by atoms with E-state index >= 15 is 0 Å². The molecule has 0 aliphatic rings. The molecule has 0 radical (unpaired) electrons. The number of nitrogens with one attached hydrogen (secondary N) is 2. The van der Waals surface area contributed by atoms with Gasteiger partial charge >= 0.3 is 0 Å². The van der Waals surface area contributed by atoms with Crippen LogP contribution in [0.25, 0.3) is 0 Å². The van der Waals surface area contributed by atoms with Crippen LogP contribution in [0.2, 0.25) is 0 Å². The minimum atomic E-state index is -1.22. The molecule has 28 heavy (non-hydrogen) atoms. The molecule has 2 aromatic carbocycles. The number of hydrogen-bond donors (Lipinski definition) is 2. The van der Waals surface area contributed by atoms with Crippen LogP contribution >= 0.6 is 0 Å². The summed E-state index contributed by atoms with van der Waals surface area (Å²) in [5, 5.41) is 5.86. The van der Waals surface area contributed by atoms with Crippen LogP contribution in [0.3, 0.4) is 0 Å². The molecule has 2 aromatic rings. The number of rotatable bonds is 10.